The second-order valence-electron chi connectivity index (χ2n) is 5.26. The van der Waals surface area contributed by atoms with Crippen LogP contribution in [-0.4, -0.2) is 36.6 Å². The summed E-state index contributed by atoms with van der Waals surface area (Å²) in [5.74, 6) is 0. The van der Waals surface area contributed by atoms with E-state index in [1.54, 1.807) is 0 Å². The van der Waals surface area contributed by atoms with Crippen LogP contribution in [0.5, 0.6) is 0 Å². The van der Waals surface area contributed by atoms with E-state index < -0.39 is 0 Å². The first kappa shape index (κ1) is 11.0. The van der Waals surface area contributed by atoms with Gasteiger partial charge >= 0.3 is 0 Å². The first-order chi connectivity index (χ1) is 5.99. The van der Waals surface area contributed by atoms with Crippen molar-refractivity contribution in [3.05, 3.63) is 0 Å². The van der Waals surface area contributed by atoms with Crippen molar-refractivity contribution < 1.29 is 0 Å². The van der Waals surface area contributed by atoms with Crippen molar-refractivity contribution in [3.63, 3.8) is 0 Å². The average Bonchev–Trinajstić information content (AvgIpc) is 2.01. The molecule has 0 amide bonds. The van der Waals surface area contributed by atoms with E-state index in [0.29, 0.717) is 0 Å². The number of likely N-dealkylation sites (tertiary alicyclic amines) is 1. The number of nitrogens with one attached hydrogen (secondary N) is 1. The third-order valence-corrected chi connectivity index (χ3v) is 2.79. The molecule has 13 heavy (non-hydrogen) atoms. The van der Waals surface area contributed by atoms with Crippen molar-refractivity contribution in [2.45, 2.75) is 51.6 Å². The molecule has 0 spiro atoms. The number of nitrogens with zero attached hydrogens (tertiary/aromatic N) is 1. The van der Waals surface area contributed by atoms with Crippen molar-refractivity contribution >= 4 is 0 Å². The average molecular weight is 184 g/mol. The molecule has 0 aliphatic carbocycles. The Morgan fingerprint density at radius 1 is 1.31 bits per heavy atom. The van der Waals surface area contributed by atoms with E-state index in [2.05, 4.69) is 38.0 Å². The van der Waals surface area contributed by atoms with E-state index in [1.165, 1.54) is 25.8 Å². The van der Waals surface area contributed by atoms with E-state index in [0.717, 1.165) is 12.6 Å². The molecule has 0 bridgehead atoms. The maximum atomic E-state index is 3.58. The predicted octanol–water partition coefficient (Wildman–Crippen LogP) is 1.86. The van der Waals surface area contributed by atoms with Crippen LogP contribution in [0.2, 0.25) is 0 Å². The molecule has 78 valence electrons. The Morgan fingerprint density at radius 2 is 2.00 bits per heavy atom. The van der Waals surface area contributed by atoms with Crippen LogP contribution >= 0.6 is 0 Å². The fourth-order valence-electron chi connectivity index (χ4n) is 1.83. The Bertz CT molecular complexity index is 149. The zero-order chi connectivity index (χ0) is 9.90. The van der Waals surface area contributed by atoms with Crippen LogP contribution in [0, 0.1) is 0 Å². The zero-order valence-corrected chi connectivity index (χ0v) is 9.56. The molecular formula is C11H24N2. The lowest BCUT2D eigenvalue weighted by Gasteiger charge is -2.34. The smallest absolute Gasteiger partial charge is 0.0217 e. The molecule has 1 saturated heterocycles. The van der Waals surface area contributed by atoms with E-state index in [1.807, 2.05) is 0 Å². The molecule has 1 fully saturated rings. The van der Waals surface area contributed by atoms with Crippen molar-refractivity contribution in [2.75, 3.05) is 20.1 Å². The second-order valence-corrected chi connectivity index (χ2v) is 5.26. The van der Waals surface area contributed by atoms with Gasteiger partial charge in [0, 0.05) is 18.1 Å². The van der Waals surface area contributed by atoms with Gasteiger partial charge in [-0.15, -0.1) is 0 Å². The molecule has 1 aliphatic rings. The molecule has 2 heteroatoms. The van der Waals surface area contributed by atoms with Gasteiger partial charge in [0.2, 0.25) is 0 Å². The Morgan fingerprint density at radius 3 is 2.54 bits per heavy atom. The molecular weight excluding hydrogens is 160 g/mol. The maximum absolute atomic E-state index is 3.58. The first-order valence-corrected chi connectivity index (χ1v) is 5.44. The van der Waals surface area contributed by atoms with Gasteiger partial charge in [-0.05, 0) is 47.2 Å². The third-order valence-electron chi connectivity index (χ3n) is 2.79. The lowest BCUT2D eigenvalue weighted by molar-refractivity contribution is 0.172. The summed E-state index contributed by atoms with van der Waals surface area (Å²) in [4.78, 5) is 2.49. The Labute approximate surface area is 82.7 Å². The highest BCUT2D eigenvalue weighted by Gasteiger charge is 2.20. The minimum Gasteiger partial charge on any atom is -0.311 e. The summed E-state index contributed by atoms with van der Waals surface area (Å²) < 4.78 is 0. The highest BCUT2D eigenvalue weighted by atomic mass is 15.2. The SMILES string of the molecule is CN1CCCC[C@@H]1CNC(C)(C)C. The Kier molecular flexibility index (Phi) is 3.74. The van der Waals surface area contributed by atoms with E-state index in [-0.39, 0.29) is 5.54 Å². The van der Waals surface area contributed by atoms with Gasteiger partial charge in [0.15, 0.2) is 0 Å². The highest BCUT2D eigenvalue weighted by molar-refractivity contribution is 4.80. The molecule has 0 saturated carbocycles. The summed E-state index contributed by atoms with van der Waals surface area (Å²) in [7, 11) is 2.24. The zero-order valence-electron chi connectivity index (χ0n) is 9.56. The van der Waals surface area contributed by atoms with Crippen LogP contribution < -0.4 is 5.32 Å². The lowest BCUT2D eigenvalue weighted by atomic mass is 10.0. The van der Waals surface area contributed by atoms with Crippen LogP contribution in [-0.2, 0) is 0 Å². The van der Waals surface area contributed by atoms with Crippen molar-refractivity contribution in [2.24, 2.45) is 0 Å². The van der Waals surface area contributed by atoms with E-state index >= 15 is 0 Å². The topological polar surface area (TPSA) is 15.3 Å². The Balaban J connectivity index is 2.27. The Hall–Kier alpha value is -0.0800. The molecule has 0 radical (unpaired) electrons. The van der Waals surface area contributed by atoms with E-state index in [4.69, 9.17) is 0 Å². The predicted molar refractivity (Wildman–Crippen MR) is 58.0 cm³/mol. The number of likely N-dealkylation sites (N-methyl/N-ethyl adjacent to an activating group) is 1. The first-order valence-electron chi connectivity index (χ1n) is 5.44. The van der Waals surface area contributed by atoms with Crippen molar-refractivity contribution in [3.8, 4) is 0 Å². The quantitative estimate of drug-likeness (QED) is 0.704. The maximum Gasteiger partial charge on any atom is 0.0217 e. The fraction of sp³-hybridized carbons (Fsp3) is 1.00. The third kappa shape index (κ3) is 4.10. The number of hydrogen-bond acceptors (Lipinski definition) is 2. The highest BCUT2D eigenvalue weighted by Crippen LogP contribution is 2.14. The summed E-state index contributed by atoms with van der Waals surface area (Å²) in [6.07, 6.45) is 4.14. The standard InChI is InChI=1S/C11H24N2/c1-11(2,3)12-9-10-7-5-6-8-13(10)4/h10,12H,5-9H2,1-4H3/t10-/m1/s1. The summed E-state index contributed by atoms with van der Waals surface area (Å²) in [5.41, 5.74) is 0.262. The molecule has 2 nitrogen and oxygen atoms in total. The normalized spacial score (nSPS) is 26.3. The van der Waals surface area contributed by atoms with E-state index in [9.17, 15) is 0 Å². The minimum atomic E-state index is 0.262. The molecule has 1 aliphatic heterocycles. The summed E-state index contributed by atoms with van der Waals surface area (Å²) in [6.45, 7) is 9.11. The van der Waals surface area contributed by atoms with Gasteiger partial charge in [-0.2, -0.15) is 0 Å². The molecule has 1 atom stereocenters. The number of hydrogen-bond donors (Lipinski definition) is 1. The van der Waals surface area contributed by atoms with Gasteiger partial charge in [0.25, 0.3) is 0 Å². The molecule has 0 aromatic rings. The van der Waals surface area contributed by atoms with Crippen LogP contribution in [0.25, 0.3) is 0 Å². The monoisotopic (exact) mass is 184 g/mol. The molecule has 1 heterocycles. The molecule has 0 aromatic heterocycles. The largest absolute Gasteiger partial charge is 0.311 e. The van der Waals surface area contributed by atoms with Gasteiger partial charge in [-0.25, -0.2) is 0 Å². The summed E-state index contributed by atoms with van der Waals surface area (Å²) in [6, 6.07) is 0.757. The van der Waals surface area contributed by atoms with Crippen LogP contribution in [0.1, 0.15) is 40.0 Å². The lowest BCUT2D eigenvalue weighted by Crippen LogP contribution is -2.48. The molecule has 1 N–H and O–H groups in total. The molecule has 1 rings (SSSR count). The van der Waals surface area contributed by atoms with Crippen LogP contribution in [0.15, 0.2) is 0 Å². The summed E-state index contributed by atoms with van der Waals surface area (Å²) >= 11 is 0. The summed E-state index contributed by atoms with van der Waals surface area (Å²) in [5, 5.41) is 3.58. The second kappa shape index (κ2) is 4.43. The van der Waals surface area contributed by atoms with Gasteiger partial charge in [0.1, 0.15) is 0 Å². The van der Waals surface area contributed by atoms with Gasteiger partial charge in [0.05, 0.1) is 0 Å². The van der Waals surface area contributed by atoms with Crippen molar-refractivity contribution in [1.29, 1.82) is 0 Å². The van der Waals surface area contributed by atoms with Gasteiger partial charge in [-0.1, -0.05) is 6.42 Å². The van der Waals surface area contributed by atoms with Crippen molar-refractivity contribution in [1.82, 2.24) is 10.2 Å². The minimum absolute atomic E-state index is 0.262. The fourth-order valence-corrected chi connectivity index (χ4v) is 1.83. The molecule has 0 aromatic carbocycles. The van der Waals surface area contributed by atoms with Gasteiger partial charge < -0.3 is 10.2 Å². The van der Waals surface area contributed by atoms with Crippen LogP contribution in [0.3, 0.4) is 0 Å². The van der Waals surface area contributed by atoms with Gasteiger partial charge in [-0.3, -0.25) is 0 Å². The number of piperidine rings is 1. The number of rotatable bonds is 2. The van der Waals surface area contributed by atoms with Crippen LogP contribution in [0.4, 0.5) is 0 Å². The molecule has 0 unspecified atom stereocenters.